The minimum atomic E-state index is -1.01. The molecule has 0 heterocycles. The number of aryl methyl sites for hydroxylation is 1. The maximum atomic E-state index is 11.9. The highest BCUT2D eigenvalue weighted by Gasteiger charge is 2.20. The summed E-state index contributed by atoms with van der Waals surface area (Å²) in [7, 11) is 0. The van der Waals surface area contributed by atoms with Gasteiger partial charge in [0.05, 0.1) is 4.92 Å². The number of rotatable bonds is 5. The first-order valence-corrected chi connectivity index (χ1v) is 5.65. The number of nitrogens with one attached hydrogen (secondary N) is 1. The Morgan fingerprint density at radius 3 is 2.70 bits per heavy atom. The van der Waals surface area contributed by atoms with E-state index in [0.29, 0.717) is 5.56 Å². The largest absolute Gasteiger partial charge is 0.368 e. The number of nitro groups is 1. The lowest BCUT2D eigenvalue weighted by Crippen LogP contribution is -2.44. The lowest BCUT2D eigenvalue weighted by Gasteiger charge is -2.12. The van der Waals surface area contributed by atoms with E-state index in [1.54, 1.807) is 6.92 Å². The Labute approximate surface area is 115 Å². The maximum absolute atomic E-state index is 11.9. The van der Waals surface area contributed by atoms with Gasteiger partial charge >= 0.3 is 0 Å². The zero-order valence-electron chi connectivity index (χ0n) is 10.8. The van der Waals surface area contributed by atoms with E-state index < -0.39 is 22.8 Å². The smallest absolute Gasteiger partial charge is 0.273 e. The van der Waals surface area contributed by atoms with Gasteiger partial charge in [-0.15, -0.1) is 12.3 Å². The van der Waals surface area contributed by atoms with Crippen LogP contribution < -0.4 is 11.1 Å². The van der Waals surface area contributed by atoms with Gasteiger partial charge in [-0.2, -0.15) is 0 Å². The number of carbonyl (C=O) groups excluding carboxylic acids is 2. The third-order valence-corrected chi connectivity index (χ3v) is 2.64. The molecule has 1 unspecified atom stereocenters. The summed E-state index contributed by atoms with van der Waals surface area (Å²) >= 11 is 0. The summed E-state index contributed by atoms with van der Waals surface area (Å²) < 4.78 is 0. The monoisotopic (exact) mass is 275 g/mol. The average molecular weight is 275 g/mol. The van der Waals surface area contributed by atoms with Gasteiger partial charge in [0.1, 0.15) is 6.04 Å². The van der Waals surface area contributed by atoms with Crippen LogP contribution in [0.25, 0.3) is 0 Å². The maximum Gasteiger partial charge on any atom is 0.273 e. The van der Waals surface area contributed by atoms with Crippen molar-refractivity contribution in [2.24, 2.45) is 5.73 Å². The van der Waals surface area contributed by atoms with Crippen LogP contribution in [0.1, 0.15) is 22.3 Å². The second-order valence-corrected chi connectivity index (χ2v) is 4.10. The standard InChI is InChI=1S/C13H13N3O4/c1-3-4-10(12(14)17)15-13(18)9-6-5-8(2)11(7-9)16(19)20/h1,5-7,10H,4H2,2H3,(H2,14,17)(H,15,18). The van der Waals surface area contributed by atoms with Crippen LogP contribution in [-0.2, 0) is 4.79 Å². The van der Waals surface area contributed by atoms with Crippen molar-refractivity contribution >= 4 is 17.5 Å². The molecule has 104 valence electrons. The number of primary amides is 1. The molecule has 0 aromatic heterocycles. The Hall–Kier alpha value is -2.88. The minimum absolute atomic E-state index is 0.0466. The number of hydrogen-bond donors (Lipinski definition) is 2. The van der Waals surface area contributed by atoms with Crippen molar-refractivity contribution in [3.05, 3.63) is 39.4 Å². The van der Waals surface area contributed by atoms with Crippen LogP contribution in [-0.4, -0.2) is 22.8 Å². The first-order valence-electron chi connectivity index (χ1n) is 5.65. The molecule has 0 fully saturated rings. The zero-order valence-corrected chi connectivity index (χ0v) is 10.8. The lowest BCUT2D eigenvalue weighted by molar-refractivity contribution is -0.385. The zero-order chi connectivity index (χ0) is 15.3. The first-order chi connectivity index (χ1) is 9.36. The number of amides is 2. The summed E-state index contributed by atoms with van der Waals surface area (Å²) in [4.78, 5) is 33.2. The number of carbonyl (C=O) groups is 2. The fourth-order valence-electron chi connectivity index (χ4n) is 1.53. The Balaban J connectivity index is 2.98. The number of terminal acetylenes is 1. The number of nitrogens with zero attached hydrogens (tertiary/aromatic N) is 1. The van der Waals surface area contributed by atoms with Gasteiger partial charge in [0.15, 0.2) is 0 Å². The van der Waals surface area contributed by atoms with Gasteiger partial charge in [-0.1, -0.05) is 6.07 Å². The third kappa shape index (κ3) is 3.55. The molecule has 0 saturated heterocycles. The molecule has 0 aliphatic heterocycles. The quantitative estimate of drug-likeness (QED) is 0.462. The molecule has 7 heteroatoms. The van der Waals surface area contributed by atoms with E-state index in [1.165, 1.54) is 12.1 Å². The van der Waals surface area contributed by atoms with E-state index in [1.807, 2.05) is 0 Å². The van der Waals surface area contributed by atoms with E-state index >= 15 is 0 Å². The molecule has 1 aromatic carbocycles. The number of nitro benzene ring substituents is 1. The Kier molecular flexibility index (Phi) is 4.81. The van der Waals surface area contributed by atoms with Crippen molar-refractivity contribution in [2.75, 3.05) is 0 Å². The SMILES string of the molecule is C#CCC(NC(=O)c1ccc(C)c([N+](=O)[O-])c1)C(N)=O. The summed E-state index contributed by atoms with van der Waals surface area (Å²) in [5.74, 6) is 0.809. The molecule has 2 amide bonds. The van der Waals surface area contributed by atoms with E-state index in [0.717, 1.165) is 6.07 Å². The molecule has 0 aliphatic carbocycles. The molecule has 0 saturated carbocycles. The van der Waals surface area contributed by atoms with Crippen LogP contribution in [0.3, 0.4) is 0 Å². The van der Waals surface area contributed by atoms with Gasteiger partial charge in [0.25, 0.3) is 11.6 Å². The van der Waals surface area contributed by atoms with Crippen molar-refractivity contribution in [3.8, 4) is 12.3 Å². The van der Waals surface area contributed by atoms with Crippen LogP contribution in [0, 0.1) is 29.4 Å². The summed E-state index contributed by atoms with van der Waals surface area (Å²) in [5.41, 5.74) is 5.41. The summed E-state index contributed by atoms with van der Waals surface area (Å²) in [6, 6.07) is 3.00. The molecular formula is C13H13N3O4. The van der Waals surface area contributed by atoms with Crippen molar-refractivity contribution in [1.82, 2.24) is 5.32 Å². The highest BCUT2D eigenvalue weighted by atomic mass is 16.6. The van der Waals surface area contributed by atoms with Crippen LogP contribution in [0.5, 0.6) is 0 Å². The second-order valence-electron chi connectivity index (χ2n) is 4.10. The normalized spacial score (nSPS) is 11.2. The highest BCUT2D eigenvalue weighted by molar-refractivity contribution is 5.98. The molecule has 3 N–H and O–H groups in total. The molecule has 0 bridgehead atoms. The van der Waals surface area contributed by atoms with E-state index in [-0.39, 0.29) is 17.7 Å². The molecular weight excluding hydrogens is 262 g/mol. The van der Waals surface area contributed by atoms with Gasteiger partial charge < -0.3 is 11.1 Å². The number of benzene rings is 1. The summed E-state index contributed by atoms with van der Waals surface area (Å²) in [6.07, 6.45) is 5.02. The fourth-order valence-corrected chi connectivity index (χ4v) is 1.53. The third-order valence-electron chi connectivity index (χ3n) is 2.64. The average Bonchev–Trinajstić information content (AvgIpc) is 2.38. The second kappa shape index (κ2) is 6.33. The lowest BCUT2D eigenvalue weighted by atomic mass is 10.1. The molecule has 0 aliphatic rings. The number of hydrogen-bond acceptors (Lipinski definition) is 4. The van der Waals surface area contributed by atoms with Gasteiger partial charge in [0, 0.05) is 23.6 Å². The van der Waals surface area contributed by atoms with Crippen LogP contribution in [0.2, 0.25) is 0 Å². The Bertz CT molecular complexity index is 604. The predicted molar refractivity (Wildman–Crippen MR) is 71.7 cm³/mol. The predicted octanol–water partition coefficient (Wildman–Crippen LogP) is 0.510. The summed E-state index contributed by atoms with van der Waals surface area (Å²) in [6.45, 7) is 1.56. The molecule has 0 radical (unpaired) electrons. The highest BCUT2D eigenvalue weighted by Crippen LogP contribution is 2.19. The molecule has 0 spiro atoms. The van der Waals surface area contributed by atoms with Crippen LogP contribution in [0.15, 0.2) is 18.2 Å². The number of nitrogens with two attached hydrogens (primary N) is 1. The summed E-state index contributed by atoms with van der Waals surface area (Å²) in [5, 5.41) is 13.1. The fraction of sp³-hybridized carbons (Fsp3) is 0.231. The first kappa shape index (κ1) is 15.2. The van der Waals surface area contributed by atoms with Crippen molar-refractivity contribution in [3.63, 3.8) is 0 Å². The van der Waals surface area contributed by atoms with Gasteiger partial charge in [-0.25, -0.2) is 0 Å². The topological polar surface area (TPSA) is 115 Å². The van der Waals surface area contributed by atoms with Crippen LogP contribution >= 0.6 is 0 Å². The van der Waals surface area contributed by atoms with Crippen molar-refractivity contribution in [2.45, 2.75) is 19.4 Å². The Morgan fingerprint density at radius 1 is 1.55 bits per heavy atom. The molecule has 20 heavy (non-hydrogen) atoms. The minimum Gasteiger partial charge on any atom is -0.368 e. The van der Waals surface area contributed by atoms with E-state index in [2.05, 4.69) is 11.2 Å². The van der Waals surface area contributed by atoms with Gasteiger partial charge in [-0.3, -0.25) is 19.7 Å². The van der Waals surface area contributed by atoms with Crippen molar-refractivity contribution < 1.29 is 14.5 Å². The molecule has 1 aromatic rings. The Morgan fingerprint density at radius 2 is 2.20 bits per heavy atom. The van der Waals surface area contributed by atoms with Crippen LogP contribution in [0.4, 0.5) is 5.69 Å². The van der Waals surface area contributed by atoms with Crippen molar-refractivity contribution in [1.29, 1.82) is 0 Å². The molecule has 1 rings (SSSR count). The molecule has 1 atom stereocenters. The van der Waals surface area contributed by atoms with Gasteiger partial charge in [-0.05, 0) is 13.0 Å². The van der Waals surface area contributed by atoms with E-state index in [9.17, 15) is 19.7 Å². The van der Waals surface area contributed by atoms with E-state index in [4.69, 9.17) is 12.2 Å². The van der Waals surface area contributed by atoms with Gasteiger partial charge in [0.2, 0.25) is 5.91 Å². The molecule has 7 nitrogen and oxygen atoms in total.